The molecule has 3 aromatic rings. The molecule has 4 nitrogen and oxygen atoms in total. The molecular weight excluding hydrogens is 519 g/mol. The first-order valence-corrected chi connectivity index (χ1v) is 13.7. The molecule has 0 aromatic heterocycles. The van der Waals surface area contributed by atoms with E-state index in [9.17, 15) is 18.0 Å². The van der Waals surface area contributed by atoms with Gasteiger partial charge in [0.1, 0.15) is 5.75 Å². The summed E-state index contributed by atoms with van der Waals surface area (Å²) in [5.41, 5.74) is 2.25. The van der Waals surface area contributed by atoms with Crippen LogP contribution in [0.3, 0.4) is 0 Å². The molecule has 1 fully saturated rings. The molecule has 1 aliphatic rings. The molecule has 4 rings (SSSR count). The standard InChI is InChI=1S/C28H28F3NO3S2/c1-17-14-22(12-13-23(17)35-16-25(33)34)36-24(15-19-6-4-3-5-7-19)26-18(2)32-27(37-26)20-8-10-21(11-9-20)28(29,30)31/h3-14,18,24,26-27,32H,15-16H2,1-2H3,(H,33,34). The minimum absolute atomic E-state index is 0.102. The zero-order chi connectivity index (χ0) is 26.6. The van der Waals surface area contributed by atoms with Gasteiger partial charge in [0.25, 0.3) is 0 Å². The molecular formula is C28H28F3NO3S2. The van der Waals surface area contributed by atoms with Gasteiger partial charge in [-0.2, -0.15) is 13.2 Å². The van der Waals surface area contributed by atoms with Crippen LogP contribution < -0.4 is 10.1 Å². The number of thioether (sulfide) groups is 2. The smallest absolute Gasteiger partial charge is 0.416 e. The maximum Gasteiger partial charge on any atom is 0.416 e. The van der Waals surface area contributed by atoms with E-state index >= 15 is 0 Å². The van der Waals surface area contributed by atoms with Crippen LogP contribution in [-0.4, -0.2) is 34.2 Å². The van der Waals surface area contributed by atoms with Gasteiger partial charge in [0.05, 0.1) is 10.9 Å². The molecule has 37 heavy (non-hydrogen) atoms. The summed E-state index contributed by atoms with van der Waals surface area (Å²) in [6, 6.07) is 21.5. The highest BCUT2D eigenvalue weighted by molar-refractivity contribution is 8.04. The Morgan fingerprint density at radius 2 is 1.81 bits per heavy atom. The average molecular weight is 548 g/mol. The number of nitrogens with one attached hydrogen (secondary N) is 1. The fourth-order valence-corrected chi connectivity index (χ4v) is 7.58. The predicted molar refractivity (Wildman–Crippen MR) is 142 cm³/mol. The van der Waals surface area contributed by atoms with Crippen molar-refractivity contribution >= 4 is 29.5 Å². The number of carboxylic acids is 1. The third kappa shape index (κ3) is 7.24. The van der Waals surface area contributed by atoms with Crippen molar-refractivity contribution in [2.24, 2.45) is 0 Å². The summed E-state index contributed by atoms with van der Waals surface area (Å²) in [5.74, 6) is -0.484. The van der Waals surface area contributed by atoms with Gasteiger partial charge in [0, 0.05) is 21.4 Å². The molecule has 3 aromatic carbocycles. The molecule has 4 atom stereocenters. The number of aliphatic carboxylic acids is 1. The lowest BCUT2D eigenvalue weighted by Gasteiger charge is -2.26. The number of hydrogen-bond acceptors (Lipinski definition) is 5. The van der Waals surface area contributed by atoms with E-state index in [-0.39, 0.29) is 21.9 Å². The van der Waals surface area contributed by atoms with Gasteiger partial charge < -0.3 is 9.84 Å². The van der Waals surface area contributed by atoms with E-state index < -0.39 is 24.3 Å². The lowest BCUT2D eigenvalue weighted by molar-refractivity contribution is -0.139. The molecule has 0 spiro atoms. The zero-order valence-corrected chi connectivity index (χ0v) is 22.0. The number of alkyl halides is 3. The summed E-state index contributed by atoms with van der Waals surface area (Å²) in [7, 11) is 0. The van der Waals surface area contributed by atoms with Gasteiger partial charge >= 0.3 is 12.1 Å². The molecule has 0 radical (unpaired) electrons. The second-order valence-electron chi connectivity index (χ2n) is 9.01. The summed E-state index contributed by atoms with van der Waals surface area (Å²) in [4.78, 5) is 11.9. The Labute approximate surface area is 223 Å². The van der Waals surface area contributed by atoms with Crippen LogP contribution >= 0.6 is 23.5 Å². The SMILES string of the molecule is Cc1cc(SC(Cc2ccccc2)C2SC(c3ccc(C(F)(F)F)cc3)NC2C)ccc1OCC(=O)O. The molecule has 0 amide bonds. The summed E-state index contributed by atoms with van der Waals surface area (Å²) in [6.45, 7) is 3.62. The Balaban J connectivity index is 1.53. The van der Waals surface area contributed by atoms with Crippen molar-refractivity contribution in [3.05, 3.63) is 95.1 Å². The van der Waals surface area contributed by atoms with Gasteiger partial charge in [-0.3, -0.25) is 5.32 Å². The van der Waals surface area contributed by atoms with Crippen molar-refractivity contribution in [3.8, 4) is 5.75 Å². The van der Waals surface area contributed by atoms with E-state index in [2.05, 4.69) is 24.4 Å². The summed E-state index contributed by atoms with van der Waals surface area (Å²) in [6.07, 6.45) is -3.53. The molecule has 1 saturated heterocycles. The topological polar surface area (TPSA) is 58.6 Å². The Hall–Kier alpha value is -2.62. The van der Waals surface area contributed by atoms with E-state index in [0.717, 1.165) is 34.6 Å². The van der Waals surface area contributed by atoms with Gasteiger partial charge in [-0.15, -0.1) is 23.5 Å². The number of rotatable bonds is 9. The number of carbonyl (C=O) groups is 1. The number of benzene rings is 3. The third-order valence-electron chi connectivity index (χ3n) is 6.17. The van der Waals surface area contributed by atoms with Gasteiger partial charge in [-0.1, -0.05) is 42.5 Å². The van der Waals surface area contributed by atoms with Gasteiger partial charge in [0.15, 0.2) is 6.61 Å². The van der Waals surface area contributed by atoms with Crippen molar-refractivity contribution in [2.75, 3.05) is 6.61 Å². The first-order chi connectivity index (χ1) is 17.6. The van der Waals surface area contributed by atoms with Crippen LogP contribution in [0.4, 0.5) is 13.2 Å². The first-order valence-electron chi connectivity index (χ1n) is 11.8. The normalized spacial score (nSPS) is 20.5. The van der Waals surface area contributed by atoms with Crippen LogP contribution in [0.1, 0.15) is 34.6 Å². The van der Waals surface area contributed by atoms with Crippen molar-refractivity contribution in [3.63, 3.8) is 0 Å². The van der Waals surface area contributed by atoms with E-state index in [1.54, 1.807) is 41.7 Å². The Kier molecular flexibility index (Phi) is 8.77. The van der Waals surface area contributed by atoms with Gasteiger partial charge in [-0.25, -0.2) is 4.79 Å². The molecule has 0 saturated carbocycles. The van der Waals surface area contributed by atoms with Crippen LogP contribution in [0.25, 0.3) is 0 Å². The van der Waals surface area contributed by atoms with Crippen LogP contribution in [0.15, 0.2) is 77.7 Å². The molecule has 2 N–H and O–H groups in total. The lowest BCUT2D eigenvalue weighted by atomic mass is 10.0. The molecule has 196 valence electrons. The highest BCUT2D eigenvalue weighted by Gasteiger charge is 2.38. The van der Waals surface area contributed by atoms with Crippen molar-refractivity contribution in [1.29, 1.82) is 0 Å². The number of halogens is 3. The minimum Gasteiger partial charge on any atom is -0.482 e. The molecule has 1 heterocycles. The van der Waals surface area contributed by atoms with E-state index in [1.165, 1.54) is 5.56 Å². The summed E-state index contributed by atoms with van der Waals surface area (Å²) >= 11 is 3.50. The highest BCUT2D eigenvalue weighted by Crippen LogP contribution is 2.45. The van der Waals surface area contributed by atoms with E-state index in [4.69, 9.17) is 9.84 Å². The number of ether oxygens (including phenoxy) is 1. The minimum atomic E-state index is -4.35. The fourth-order valence-electron chi connectivity index (χ4n) is 4.32. The maximum atomic E-state index is 13.0. The van der Waals surface area contributed by atoms with Crippen LogP contribution in [0.5, 0.6) is 5.75 Å². The zero-order valence-electron chi connectivity index (χ0n) is 20.4. The summed E-state index contributed by atoms with van der Waals surface area (Å²) < 4.78 is 44.4. The predicted octanol–water partition coefficient (Wildman–Crippen LogP) is 6.97. The quantitative estimate of drug-likeness (QED) is 0.282. The molecule has 0 bridgehead atoms. The van der Waals surface area contributed by atoms with Crippen LogP contribution in [0.2, 0.25) is 0 Å². The van der Waals surface area contributed by atoms with Crippen molar-refractivity contribution in [1.82, 2.24) is 5.32 Å². The third-order valence-corrected chi connectivity index (χ3v) is 9.36. The number of hydrogen-bond donors (Lipinski definition) is 2. The van der Waals surface area contributed by atoms with E-state index in [0.29, 0.717) is 5.75 Å². The Morgan fingerprint density at radius 1 is 1.11 bits per heavy atom. The second kappa shape index (κ2) is 11.8. The van der Waals surface area contributed by atoms with Crippen LogP contribution in [-0.2, 0) is 17.4 Å². The number of aryl methyl sites for hydroxylation is 1. The molecule has 4 unspecified atom stereocenters. The molecule has 9 heteroatoms. The first kappa shape index (κ1) is 27.4. The Morgan fingerprint density at radius 3 is 2.43 bits per heavy atom. The Bertz CT molecular complexity index is 1210. The van der Waals surface area contributed by atoms with Crippen molar-refractivity contribution < 1.29 is 27.8 Å². The molecule has 0 aliphatic carbocycles. The van der Waals surface area contributed by atoms with Gasteiger partial charge in [-0.05, 0) is 67.3 Å². The van der Waals surface area contributed by atoms with Crippen LogP contribution in [0, 0.1) is 6.92 Å². The second-order valence-corrected chi connectivity index (χ2v) is 11.6. The summed E-state index contributed by atoms with van der Waals surface area (Å²) in [5, 5.41) is 12.7. The monoisotopic (exact) mass is 547 g/mol. The largest absolute Gasteiger partial charge is 0.482 e. The number of carboxylic acid groups (broad SMARTS) is 1. The average Bonchev–Trinajstić information content (AvgIpc) is 3.25. The van der Waals surface area contributed by atoms with E-state index in [1.807, 2.05) is 37.3 Å². The fraction of sp³-hybridized carbons (Fsp3) is 0.321. The lowest BCUT2D eigenvalue weighted by Crippen LogP contribution is -2.35. The molecule has 1 aliphatic heterocycles. The van der Waals surface area contributed by atoms with Crippen molar-refractivity contribution in [2.45, 2.75) is 53.3 Å². The maximum absolute atomic E-state index is 13.0. The highest BCUT2D eigenvalue weighted by atomic mass is 32.2. The van der Waals surface area contributed by atoms with Gasteiger partial charge in [0.2, 0.25) is 0 Å².